The summed E-state index contributed by atoms with van der Waals surface area (Å²) in [5, 5.41) is 9.03. The molecule has 2 rings (SSSR count). The van der Waals surface area contributed by atoms with E-state index in [0.29, 0.717) is 25.4 Å². The van der Waals surface area contributed by atoms with E-state index >= 15 is 0 Å². The first-order chi connectivity index (χ1) is 9.72. The number of carboxylic acids is 1. The van der Waals surface area contributed by atoms with Crippen molar-refractivity contribution in [1.29, 1.82) is 0 Å². The van der Waals surface area contributed by atoms with Crippen molar-refractivity contribution in [2.75, 3.05) is 44.9 Å². The van der Waals surface area contributed by atoms with E-state index in [-0.39, 0.29) is 0 Å². The SMILES string of the molecule is COCCOCCN1CCCc2cc(C(=O)O)ccc21. The number of rotatable bonds is 7. The van der Waals surface area contributed by atoms with Gasteiger partial charge in [0.1, 0.15) is 0 Å². The van der Waals surface area contributed by atoms with Gasteiger partial charge >= 0.3 is 5.97 Å². The second-order valence-electron chi connectivity index (χ2n) is 4.84. The molecule has 0 aromatic heterocycles. The molecule has 0 saturated heterocycles. The number of carboxylic acid groups (broad SMARTS) is 1. The molecule has 20 heavy (non-hydrogen) atoms. The van der Waals surface area contributed by atoms with Crippen LogP contribution in [0, 0.1) is 0 Å². The summed E-state index contributed by atoms with van der Waals surface area (Å²) in [4.78, 5) is 13.3. The van der Waals surface area contributed by atoms with Crippen molar-refractivity contribution < 1.29 is 19.4 Å². The smallest absolute Gasteiger partial charge is 0.335 e. The molecule has 1 aliphatic heterocycles. The van der Waals surface area contributed by atoms with Crippen molar-refractivity contribution in [3.05, 3.63) is 29.3 Å². The molecular formula is C15H21NO4. The largest absolute Gasteiger partial charge is 0.478 e. The summed E-state index contributed by atoms with van der Waals surface area (Å²) in [6.45, 7) is 3.69. The van der Waals surface area contributed by atoms with Crippen LogP contribution < -0.4 is 4.90 Å². The molecule has 1 aliphatic rings. The molecule has 0 aliphatic carbocycles. The van der Waals surface area contributed by atoms with Crippen LogP contribution in [-0.2, 0) is 15.9 Å². The zero-order chi connectivity index (χ0) is 14.4. The highest BCUT2D eigenvalue weighted by atomic mass is 16.5. The third-order valence-corrected chi connectivity index (χ3v) is 3.48. The summed E-state index contributed by atoms with van der Waals surface area (Å²) >= 11 is 0. The molecule has 0 spiro atoms. The highest BCUT2D eigenvalue weighted by Gasteiger charge is 2.18. The van der Waals surface area contributed by atoms with E-state index in [9.17, 15) is 4.79 Å². The highest BCUT2D eigenvalue weighted by molar-refractivity contribution is 5.88. The van der Waals surface area contributed by atoms with Gasteiger partial charge in [-0.2, -0.15) is 0 Å². The van der Waals surface area contributed by atoms with Crippen LogP contribution in [0.2, 0.25) is 0 Å². The number of ether oxygens (including phenoxy) is 2. The van der Waals surface area contributed by atoms with Gasteiger partial charge in [-0.25, -0.2) is 4.79 Å². The number of aryl methyl sites for hydroxylation is 1. The minimum absolute atomic E-state index is 0.363. The Morgan fingerprint density at radius 3 is 2.95 bits per heavy atom. The van der Waals surface area contributed by atoms with Crippen molar-refractivity contribution in [2.24, 2.45) is 0 Å². The van der Waals surface area contributed by atoms with Crippen LogP contribution in [0.1, 0.15) is 22.3 Å². The molecule has 1 N–H and O–H groups in total. The standard InChI is InChI=1S/C15H21NO4/c1-19-9-10-20-8-7-16-6-2-3-12-11-13(15(17)18)4-5-14(12)16/h4-5,11H,2-3,6-10H2,1H3,(H,17,18). The summed E-state index contributed by atoms with van der Waals surface area (Å²) in [6, 6.07) is 5.37. The highest BCUT2D eigenvalue weighted by Crippen LogP contribution is 2.27. The van der Waals surface area contributed by atoms with E-state index in [1.807, 2.05) is 6.07 Å². The quantitative estimate of drug-likeness (QED) is 0.771. The molecule has 0 unspecified atom stereocenters. The summed E-state index contributed by atoms with van der Waals surface area (Å²) in [5.41, 5.74) is 2.62. The first-order valence-electron chi connectivity index (χ1n) is 6.90. The number of hydrogen-bond acceptors (Lipinski definition) is 4. The van der Waals surface area contributed by atoms with Gasteiger partial charge in [-0.15, -0.1) is 0 Å². The number of fused-ring (bicyclic) bond motifs is 1. The molecule has 0 fully saturated rings. The van der Waals surface area contributed by atoms with E-state index in [0.717, 1.165) is 37.2 Å². The van der Waals surface area contributed by atoms with Crippen LogP contribution in [-0.4, -0.2) is 51.1 Å². The number of carbonyl (C=O) groups is 1. The summed E-state index contributed by atoms with van der Waals surface area (Å²) in [5.74, 6) is -0.868. The van der Waals surface area contributed by atoms with E-state index in [1.165, 1.54) is 0 Å². The first kappa shape index (κ1) is 14.8. The molecule has 0 bridgehead atoms. The van der Waals surface area contributed by atoms with Crippen LogP contribution in [0.5, 0.6) is 0 Å². The molecule has 5 nitrogen and oxygen atoms in total. The van der Waals surface area contributed by atoms with Crippen molar-refractivity contribution in [3.8, 4) is 0 Å². The van der Waals surface area contributed by atoms with Crippen LogP contribution in [0.4, 0.5) is 5.69 Å². The van der Waals surface area contributed by atoms with Crippen LogP contribution in [0.15, 0.2) is 18.2 Å². The average Bonchev–Trinajstić information content (AvgIpc) is 2.46. The Labute approximate surface area is 119 Å². The Kier molecular flexibility index (Phi) is 5.38. The summed E-state index contributed by atoms with van der Waals surface area (Å²) < 4.78 is 10.4. The average molecular weight is 279 g/mol. The van der Waals surface area contributed by atoms with Gasteiger partial charge in [0.25, 0.3) is 0 Å². The lowest BCUT2D eigenvalue weighted by atomic mass is 9.99. The van der Waals surface area contributed by atoms with Gasteiger partial charge in [0, 0.05) is 25.9 Å². The zero-order valence-electron chi connectivity index (χ0n) is 11.8. The third kappa shape index (κ3) is 3.71. The van der Waals surface area contributed by atoms with E-state index in [1.54, 1.807) is 19.2 Å². The van der Waals surface area contributed by atoms with E-state index in [2.05, 4.69) is 4.90 Å². The van der Waals surface area contributed by atoms with Gasteiger partial charge in [0.05, 0.1) is 25.4 Å². The number of aromatic carboxylic acids is 1. The zero-order valence-corrected chi connectivity index (χ0v) is 11.8. The lowest BCUT2D eigenvalue weighted by Crippen LogP contribution is -2.32. The Bertz CT molecular complexity index is 461. The second kappa shape index (κ2) is 7.26. The number of nitrogens with zero attached hydrogens (tertiary/aromatic N) is 1. The van der Waals surface area contributed by atoms with Crippen molar-refractivity contribution in [1.82, 2.24) is 0 Å². The van der Waals surface area contributed by atoms with E-state index < -0.39 is 5.97 Å². The lowest BCUT2D eigenvalue weighted by Gasteiger charge is -2.31. The fourth-order valence-corrected chi connectivity index (χ4v) is 2.46. The molecule has 110 valence electrons. The predicted octanol–water partition coefficient (Wildman–Crippen LogP) is 1.80. The lowest BCUT2D eigenvalue weighted by molar-refractivity contribution is 0.0696. The first-order valence-corrected chi connectivity index (χ1v) is 6.90. The molecule has 1 aromatic carbocycles. The number of anilines is 1. The maximum Gasteiger partial charge on any atom is 0.335 e. The van der Waals surface area contributed by atoms with Crippen molar-refractivity contribution >= 4 is 11.7 Å². The van der Waals surface area contributed by atoms with Gasteiger partial charge in [-0.3, -0.25) is 0 Å². The summed E-state index contributed by atoms with van der Waals surface area (Å²) in [6.07, 6.45) is 1.99. The van der Waals surface area contributed by atoms with Gasteiger partial charge in [-0.1, -0.05) is 0 Å². The maximum atomic E-state index is 11.0. The van der Waals surface area contributed by atoms with Gasteiger partial charge in [-0.05, 0) is 36.6 Å². The molecule has 0 atom stereocenters. The minimum atomic E-state index is -0.868. The fraction of sp³-hybridized carbons (Fsp3) is 0.533. The number of benzene rings is 1. The molecule has 1 aromatic rings. The van der Waals surface area contributed by atoms with Crippen LogP contribution in [0.25, 0.3) is 0 Å². The Morgan fingerprint density at radius 2 is 2.20 bits per heavy atom. The van der Waals surface area contributed by atoms with E-state index in [4.69, 9.17) is 14.6 Å². The third-order valence-electron chi connectivity index (χ3n) is 3.48. The maximum absolute atomic E-state index is 11.0. The Balaban J connectivity index is 1.96. The van der Waals surface area contributed by atoms with Crippen LogP contribution in [0.3, 0.4) is 0 Å². The second-order valence-corrected chi connectivity index (χ2v) is 4.84. The molecule has 0 radical (unpaired) electrons. The molecule has 1 heterocycles. The minimum Gasteiger partial charge on any atom is -0.478 e. The molecule has 0 amide bonds. The van der Waals surface area contributed by atoms with Crippen molar-refractivity contribution in [2.45, 2.75) is 12.8 Å². The Morgan fingerprint density at radius 1 is 1.35 bits per heavy atom. The fourth-order valence-electron chi connectivity index (χ4n) is 2.46. The molecule has 0 saturated carbocycles. The van der Waals surface area contributed by atoms with Crippen molar-refractivity contribution in [3.63, 3.8) is 0 Å². The summed E-state index contributed by atoms with van der Waals surface area (Å²) in [7, 11) is 1.66. The molecule has 5 heteroatoms. The predicted molar refractivity (Wildman–Crippen MR) is 76.6 cm³/mol. The number of hydrogen-bond donors (Lipinski definition) is 1. The van der Waals surface area contributed by atoms with Gasteiger partial charge in [0.2, 0.25) is 0 Å². The van der Waals surface area contributed by atoms with Gasteiger partial charge < -0.3 is 19.5 Å². The number of methoxy groups -OCH3 is 1. The normalized spacial score (nSPS) is 14.2. The topological polar surface area (TPSA) is 59.0 Å². The van der Waals surface area contributed by atoms with Gasteiger partial charge in [0.15, 0.2) is 0 Å². The van der Waals surface area contributed by atoms with Crippen LogP contribution >= 0.6 is 0 Å². The molecular weight excluding hydrogens is 258 g/mol. The Hall–Kier alpha value is -1.59. The monoisotopic (exact) mass is 279 g/mol.